The van der Waals surface area contributed by atoms with E-state index in [9.17, 15) is 9.90 Å². The van der Waals surface area contributed by atoms with Crippen LogP contribution in [0.15, 0.2) is 30.5 Å². The molecule has 2 heterocycles. The summed E-state index contributed by atoms with van der Waals surface area (Å²) in [5, 5.41) is 14.3. The third kappa shape index (κ3) is 3.43. The Morgan fingerprint density at radius 2 is 2.21 bits per heavy atom. The molecule has 1 saturated heterocycles. The van der Waals surface area contributed by atoms with Crippen LogP contribution >= 0.6 is 0 Å². The molecule has 6 heteroatoms. The molecule has 24 heavy (non-hydrogen) atoms. The van der Waals surface area contributed by atoms with Gasteiger partial charge in [0.05, 0.1) is 18.2 Å². The van der Waals surface area contributed by atoms with Gasteiger partial charge >= 0.3 is 0 Å². The van der Waals surface area contributed by atoms with E-state index in [4.69, 9.17) is 9.47 Å². The molecule has 0 bridgehead atoms. The maximum Gasteiger partial charge on any atom is 0.221 e. The number of hydrogen-bond acceptors (Lipinski definition) is 5. The van der Waals surface area contributed by atoms with Gasteiger partial charge in [-0.15, -0.1) is 0 Å². The lowest BCUT2D eigenvalue weighted by atomic mass is 10.0. The average Bonchev–Trinajstić information content (AvgIpc) is 2.94. The summed E-state index contributed by atoms with van der Waals surface area (Å²) in [5.41, 5.74) is -0.729. The summed E-state index contributed by atoms with van der Waals surface area (Å²) in [7, 11) is 0. The maximum atomic E-state index is 11.5. The molecule has 2 aromatic rings. The second-order valence-electron chi connectivity index (χ2n) is 6.44. The Bertz CT molecular complexity index is 747. The summed E-state index contributed by atoms with van der Waals surface area (Å²) < 4.78 is 11.6. The molecule has 0 spiro atoms. The number of aliphatic hydroxyl groups excluding tert-OH is 1. The van der Waals surface area contributed by atoms with Crippen LogP contribution < -0.4 is 14.8 Å². The van der Waals surface area contributed by atoms with Crippen molar-refractivity contribution in [1.29, 1.82) is 0 Å². The largest absolute Gasteiger partial charge is 0.491 e. The molecule has 1 aromatic carbocycles. The van der Waals surface area contributed by atoms with Crippen molar-refractivity contribution < 1.29 is 19.4 Å². The van der Waals surface area contributed by atoms with Crippen molar-refractivity contribution >= 4 is 16.7 Å². The first-order valence-corrected chi connectivity index (χ1v) is 8.11. The van der Waals surface area contributed by atoms with Crippen molar-refractivity contribution in [3.63, 3.8) is 0 Å². The van der Waals surface area contributed by atoms with Gasteiger partial charge < -0.3 is 19.9 Å². The number of nitrogens with one attached hydrogen (secondary N) is 1. The first kappa shape index (κ1) is 16.5. The van der Waals surface area contributed by atoms with E-state index in [0.717, 1.165) is 16.5 Å². The van der Waals surface area contributed by atoms with Crippen LogP contribution in [0.25, 0.3) is 10.8 Å². The van der Waals surface area contributed by atoms with E-state index in [1.807, 2.05) is 38.1 Å². The Morgan fingerprint density at radius 1 is 1.38 bits per heavy atom. The quantitative estimate of drug-likeness (QED) is 0.847. The van der Waals surface area contributed by atoms with Gasteiger partial charge in [0.25, 0.3) is 0 Å². The molecular formula is C18H22N2O4. The van der Waals surface area contributed by atoms with E-state index in [2.05, 4.69) is 10.3 Å². The standard InChI is InChI=1S/C18H22N2O4/c1-12(2)24-14-4-3-13-6-8-19-17(15(13)9-14)23-11-18(10-21)7-5-16(22)20-18/h3-4,6,8-9,12,21H,5,7,10-11H2,1-2H3,(H,20,22)/t18-/m0/s1. The SMILES string of the molecule is CC(C)Oc1ccc2ccnc(OC[C@@]3(CO)CCC(=O)N3)c2c1. The fraction of sp³-hybridized carbons (Fsp3) is 0.444. The minimum absolute atomic E-state index is 0.0638. The van der Waals surface area contributed by atoms with Crippen LogP contribution in [0.5, 0.6) is 11.6 Å². The molecule has 0 unspecified atom stereocenters. The molecule has 1 fully saturated rings. The number of aliphatic hydroxyl groups is 1. The van der Waals surface area contributed by atoms with Crippen LogP contribution in [0.4, 0.5) is 0 Å². The topological polar surface area (TPSA) is 80.7 Å². The summed E-state index contributed by atoms with van der Waals surface area (Å²) in [6.07, 6.45) is 2.71. The van der Waals surface area contributed by atoms with Gasteiger partial charge in [-0.25, -0.2) is 4.98 Å². The van der Waals surface area contributed by atoms with Gasteiger partial charge in [-0.3, -0.25) is 4.79 Å². The van der Waals surface area contributed by atoms with Crippen molar-refractivity contribution in [2.24, 2.45) is 0 Å². The van der Waals surface area contributed by atoms with Gasteiger partial charge in [-0.2, -0.15) is 0 Å². The normalized spacial score (nSPS) is 20.4. The molecule has 0 aliphatic carbocycles. The van der Waals surface area contributed by atoms with Gasteiger partial charge in [0.2, 0.25) is 11.8 Å². The van der Waals surface area contributed by atoms with Crippen LogP contribution in [-0.2, 0) is 4.79 Å². The third-order valence-corrected chi connectivity index (χ3v) is 4.10. The number of amides is 1. The number of benzene rings is 1. The zero-order valence-electron chi connectivity index (χ0n) is 13.9. The summed E-state index contributed by atoms with van der Waals surface area (Å²) in [5.74, 6) is 1.16. The van der Waals surface area contributed by atoms with Crippen LogP contribution in [0.2, 0.25) is 0 Å². The Balaban J connectivity index is 1.84. The first-order valence-electron chi connectivity index (χ1n) is 8.11. The van der Waals surface area contributed by atoms with E-state index in [0.29, 0.717) is 18.7 Å². The van der Waals surface area contributed by atoms with Gasteiger partial charge in [0.1, 0.15) is 12.4 Å². The van der Waals surface area contributed by atoms with Crippen LogP contribution in [0.1, 0.15) is 26.7 Å². The summed E-state index contributed by atoms with van der Waals surface area (Å²) in [6, 6.07) is 7.68. The molecule has 2 N–H and O–H groups in total. The van der Waals surface area contributed by atoms with E-state index in [1.54, 1.807) is 6.20 Å². The molecule has 1 amide bonds. The molecule has 3 rings (SSSR count). The zero-order chi connectivity index (χ0) is 17.2. The Morgan fingerprint density at radius 3 is 2.88 bits per heavy atom. The number of pyridine rings is 1. The minimum Gasteiger partial charge on any atom is -0.491 e. The molecule has 1 aromatic heterocycles. The van der Waals surface area contributed by atoms with Crippen molar-refractivity contribution in [2.45, 2.75) is 38.3 Å². The third-order valence-electron chi connectivity index (χ3n) is 4.10. The van der Waals surface area contributed by atoms with Crippen molar-refractivity contribution in [3.8, 4) is 11.6 Å². The maximum absolute atomic E-state index is 11.5. The number of carbonyl (C=O) groups is 1. The smallest absolute Gasteiger partial charge is 0.221 e. The predicted octanol–water partition coefficient (Wildman–Crippen LogP) is 2.04. The zero-order valence-corrected chi connectivity index (χ0v) is 13.9. The van der Waals surface area contributed by atoms with E-state index in [1.165, 1.54) is 0 Å². The average molecular weight is 330 g/mol. The molecule has 0 saturated carbocycles. The highest BCUT2D eigenvalue weighted by atomic mass is 16.5. The molecule has 1 atom stereocenters. The number of hydrogen-bond donors (Lipinski definition) is 2. The van der Waals surface area contributed by atoms with Gasteiger partial charge in [-0.1, -0.05) is 6.07 Å². The Labute approximate surface area is 140 Å². The van der Waals surface area contributed by atoms with Crippen LogP contribution in [0.3, 0.4) is 0 Å². The molecule has 1 aliphatic rings. The second kappa shape index (κ2) is 6.65. The number of rotatable bonds is 6. The van der Waals surface area contributed by atoms with Gasteiger partial charge in [0, 0.05) is 18.0 Å². The molecule has 1 aliphatic heterocycles. The van der Waals surface area contributed by atoms with E-state index >= 15 is 0 Å². The summed E-state index contributed by atoms with van der Waals surface area (Å²) in [4.78, 5) is 15.8. The first-order chi connectivity index (χ1) is 11.5. The number of aromatic nitrogens is 1. The Kier molecular flexibility index (Phi) is 4.57. The lowest BCUT2D eigenvalue weighted by Crippen LogP contribution is -2.49. The molecule has 128 valence electrons. The number of fused-ring (bicyclic) bond motifs is 1. The molecular weight excluding hydrogens is 308 g/mol. The highest BCUT2D eigenvalue weighted by Gasteiger charge is 2.38. The van der Waals surface area contributed by atoms with Crippen molar-refractivity contribution in [2.75, 3.05) is 13.2 Å². The van der Waals surface area contributed by atoms with E-state index < -0.39 is 5.54 Å². The highest BCUT2D eigenvalue weighted by molar-refractivity contribution is 5.88. The monoisotopic (exact) mass is 330 g/mol. The summed E-state index contributed by atoms with van der Waals surface area (Å²) >= 11 is 0. The predicted molar refractivity (Wildman–Crippen MR) is 90.2 cm³/mol. The van der Waals surface area contributed by atoms with Crippen molar-refractivity contribution in [3.05, 3.63) is 30.5 Å². The minimum atomic E-state index is -0.729. The Hall–Kier alpha value is -2.34. The lowest BCUT2D eigenvalue weighted by molar-refractivity contribution is -0.120. The number of nitrogens with zero attached hydrogens (tertiary/aromatic N) is 1. The second-order valence-corrected chi connectivity index (χ2v) is 6.44. The number of ether oxygens (including phenoxy) is 2. The number of carbonyl (C=O) groups excluding carboxylic acids is 1. The van der Waals surface area contributed by atoms with Gasteiger partial charge in [-0.05, 0) is 43.9 Å². The molecule has 6 nitrogen and oxygen atoms in total. The fourth-order valence-electron chi connectivity index (χ4n) is 2.83. The fourth-order valence-corrected chi connectivity index (χ4v) is 2.83. The van der Waals surface area contributed by atoms with Crippen LogP contribution in [-0.4, -0.2) is 40.9 Å². The highest BCUT2D eigenvalue weighted by Crippen LogP contribution is 2.29. The van der Waals surface area contributed by atoms with E-state index in [-0.39, 0.29) is 25.2 Å². The van der Waals surface area contributed by atoms with Crippen molar-refractivity contribution in [1.82, 2.24) is 10.3 Å². The molecule has 0 radical (unpaired) electrons. The van der Waals surface area contributed by atoms with Gasteiger partial charge in [0.15, 0.2) is 0 Å². The lowest BCUT2D eigenvalue weighted by Gasteiger charge is -2.26. The van der Waals surface area contributed by atoms with Crippen LogP contribution in [0, 0.1) is 0 Å². The summed E-state index contributed by atoms with van der Waals surface area (Å²) in [6.45, 7) is 3.96.